The van der Waals surface area contributed by atoms with Crippen molar-refractivity contribution in [3.63, 3.8) is 0 Å². The van der Waals surface area contributed by atoms with E-state index in [1.165, 1.54) is 5.56 Å². The molecule has 80 valence electrons. The molecule has 1 heterocycles. The minimum Gasteiger partial charge on any atom is -0.472 e. The molecule has 0 saturated heterocycles. The van der Waals surface area contributed by atoms with Gasteiger partial charge < -0.3 is 4.42 Å². The maximum absolute atomic E-state index is 5.11. The van der Waals surface area contributed by atoms with E-state index >= 15 is 0 Å². The van der Waals surface area contributed by atoms with Crippen LogP contribution in [0.15, 0.2) is 46.3 Å². The fourth-order valence-corrected chi connectivity index (χ4v) is 2.18. The van der Waals surface area contributed by atoms with Crippen LogP contribution in [0.2, 0.25) is 0 Å². The van der Waals surface area contributed by atoms with Gasteiger partial charge in [-0.05, 0) is 36.8 Å². The molecule has 1 heteroatoms. The largest absolute Gasteiger partial charge is 0.472 e. The second-order valence-electron chi connectivity index (χ2n) is 4.47. The third-order valence-electron chi connectivity index (χ3n) is 3.02. The van der Waals surface area contributed by atoms with E-state index in [9.17, 15) is 0 Å². The molecule has 0 unspecified atom stereocenters. The van der Waals surface area contributed by atoms with Gasteiger partial charge in [0.05, 0.1) is 12.5 Å². The van der Waals surface area contributed by atoms with E-state index in [0.717, 1.165) is 19.3 Å². The smallest absolute Gasteiger partial charge is 0.0937 e. The van der Waals surface area contributed by atoms with Crippen LogP contribution in [0.25, 0.3) is 0 Å². The van der Waals surface area contributed by atoms with Crippen molar-refractivity contribution >= 4 is 0 Å². The first-order chi connectivity index (χ1) is 7.27. The predicted molar refractivity (Wildman–Crippen MR) is 62.7 cm³/mol. The summed E-state index contributed by atoms with van der Waals surface area (Å²) in [5.41, 5.74) is 4.48. The van der Waals surface area contributed by atoms with Crippen molar-refractivity contribution in [1.29, 1.82) is 0 Å². The highest BCUT2D eigenvalue weighted by atomic mass is 16.3. The number of rotatable bonds is 3. The van der Waals surface area contributed by atoms with Crippen LogP contribution in [-0.2, 0) is 6.42 Å². The van der Waals surface area contributed by atoms with E-state index in [-0.39, 0.29) is 0 Å². The van der Waals surface area contributed by atoms with Crippen molar-refractivity contribution in [3.8, 4) is 0 Å². The summed E-state index contributed by atoms with van der Waals surface area (Å²) in [7, 11) is 0. The average Bonchev–Trinajstić information content (AvgIpc) is 2.71. The first-order valence-electron chi connectivity index (χ1n) is 5.64. The lowest BCUT2D eigenvalue weighted by molar-refractivity contribution is 0.564. The molecule has 0 atom stereocenters. The fourth-order valence-electron chi connectivity index (χ4n) is 2.18. The van der Waals surface area contributed by atoms with Gasteiger partial charge in [0.25, 0.3) is 0 Å². The molecule has 1 aliphatic rings. The third-order valence-corrected chi connectivity index (χ3v) is 3.02. The SMILES string of the molecule is CC(C)C1=C(Cc2ccoc2)CC=CC1. The summed E-state index contributed by atoms with van der Waals surface area (Å²) >= 11 is 0. The normalized spacial score (nSPS) is 16.5. The van der Waals surface area contributed by atoms with Gasteiger partial charge in [0.1, 0.15) is 0 Å². The number of hydrogen-bond donors (Lipinski definition) is 0. The summed E-state index contributed by atoms with van der Waals surface area (Å²) in [4.78, 5) is 0. The van der Waals surface area contributed by atoms with Gasteiger partial charge in [-0.3, -0.25) is 0 Å². The van der Waals surface area contributed by atoms with Gasteiger partial charge in [-0.25, -0.2) is 0 Å². The Hall–Kier alpha value is -1.24. The monoisotopic (exact) mass is 202 g/mol. The molecular weight excluding hydrogens is 184 g/mol. The summed E-state index contributed by atoms with van der Waals surface area (Å²) in [5, 5.41) is 0. The van der Waals surface area contributed by atoms with Crippen molar-refractivity contribution in [3.05, 3.63) is 47.5 Å². The molecule has 0 N–H and O–H groups in total. The van der Waals surface area contributed by atoms with Crippen LogP contribution < -0.4 is 0 Å². The highest BCUT2D eigenvalue weighted by molar-refractivity contribution is 5.29. The molecule has 1 aliphatic carbocycles. The minimum absolute atomic E-state index is 0.664. The first-order valence-corrected chi connectivity index (χ1v) is 5.64. The van der Waals surface area contributed by atoms with E-state index in [2.05, 4.69) is 32.1 Å². The Morgan fingerprint density at radius 3 is 2.73 bits per heavy atom. The van der Waals surface area contributed by atoms with Gasteiger partial charge in [0.2, 0.25) is 0 Å². The summed E-state index contributed by atoms with van der Waals surface area (Å²) in [5.74, 6) is 0.664. The number of furan rings is 1. The molecule has 15 heavy (non-hydrogen) atoms. The van der Waals surface area contributed by atoms with Crippen molar-refractivity contribution in [2.45, 2.75) is 33.1 Å². The number of hydrogen-bond acceptors (Lipinski definition) is 1. The van der Waals surface area contributed by atoms with Crippen LogP contribution in [0.1, 0.15) is 32.3 Å². The molecule has 0 aliphatic heterocycles. The van der Waals surface area contributed by atoms with Crippen molar-refractivity contribution in [1.82, 2.24) is 0 Å². The Morgan fingerprint density at radius 1 is 1.27 bits per heavy atom. The van der Waals surface area contributed by atoms with Crippen molar-refractivity contribution in [2.24, 2.45) is 5.92 Å². The summed E-state index contributed by atoms with van der Waals surface area (Å²) < 4.78 is 5.11. The molecule has 1 aromatic heterocycles. The van der Waals surface area contributed by atoms with E-state index < -0.39 is 0 Å². The molecule has 2 rings (SSSR count). The number of allylic oxidation sites excluding steroid dienone is 4. The van der Waals surface area contributed by atoms with Crippen LogP contribution in [0.5, 0.6) is 0 Å². The zero-order valence-electron chi connectivity index (χ0n) is 9.49. The quantitative estimate of drug-likeness (QED) is 0.672. The minimum atomic E-state index is 0.664. The molecule has 0 radical (unpaired) electrons. The lowest BCUT2D eigenvalue weighted by Gasteiger charge is -2.19. The summed E-state index contributed by atoms with van der Waals surface area (Å²) in [6.45, 7) is 4.56. The standard InChI is InChI=1S/C14H18O/c1-11(2)14-6-4-3-5-13(14)9-12-7-8-15-10-12/h3-4,7-8,10-11H,5-6,9H2,1-2H3. The molecular formula is C14H18O. The van der Waals surface area contributed by atoms with Gasteiger partial charge in [0, 0.05) is 0 Å². The Kier molecular flexibility index (Phi) is 3.10. The molecule has 1 nitrogen and oxygen atoms in total. The highest BCUT2D eigenvalue weighted by Crippen LogP contribution is 2.28. The third kappa shape index (κ3) is 2.41. The molecule has 0 saturated carbocycles. The Morgan fingerprint density at radius 2 is 2.07 bits per heavy atom. The maximum Gasteiger partial charge on any atom is 0.0937 e. The van der Waals surface area contributed by atoms with Crippen LogP contribution in [0.3, 0.4) is 0 Å². The highest BCUT2D eigenvalue weighted by Gasteiger charge is 2.12. The zero-order valence-corrected chi connectivity index (χ0v) is 9.49. The first kappa shape index (κ1) is 10.3. The maximum atomic E-state index is 5.11. The van der Waals surface area contributed by atoms with E-state index in [1.54, 1.807) is 17.4 Å². The van der Waals surface area contributed by atoms with Gasteiger partial charge in [-0.15, -0.1) is 0 Å². The Balaban J connectivity index is 2.17. The topological polar surface area (TPSA) is 13.1 Å². The molecule has 0 spiro atoms. The average molecular weight is 202 g/mol. The van der Waals surface area contributed by atoms with Crippen LogP contribution in [-0.4, -0.2) is 0 Å². The fraction of sp³-hybridized carbons (Fsp3) is 0.429. The lowest BCUT2D eigenvalue weighted by atomic mass is 9.86. The molecule has 1 aromatic rings. The molecule has 0 bridgehead atoms. The van der Waals surface area contributed by atoms with E-state index in [4.69, 9.17) is 4.42 Å². The predicted octanol–water partition coefficient (Wildman–Crippen LogP) is 4.12. The Labute approximate surface area is 91.5 Å². The van der Waals surface area contributed by atoms with Crippen molar-refractivity contribution < 1.29 is 4.42 Å². The summed E-state index contributed by atoms with van der Waals surface area (Å²) in [6, 6.07) is 2.06. The lowest BCUT2D eigenvalue weighted by Crippen LogP contribution is -2.04. The summed E-state index contributed by atoms with van der Waals surface area (Å²) in [6.07, 6.45) is 11.5. The molecule has 0 fully saturated rings. The zero-order chi connectivity index (χ0) is 10.7. The molecule has 0 amide bonds. The van der Waals surface area contributed by atoms with Crippen LogP contribution in [0, 0.1) is 5.92 Å². The van der Waals surface area contributed by atoms with Gasteiger partial charge in [-0.1, -0.05) is 37.1 Å². The van der Waals surface area contributed by atoms with Crippen LogP contribution in [0.4, 0.5) is 0 Å². The van der Waals surface area contributed by atoms with E-state index in [0.29, 0.717) is 5.92 Å². The molecule has 0 aromatic carbocycles. The van der Waals surface area contributed by atoms with E-state index in [1.807, 2.05) is 6.26 Å². The van der Waals surface area contributed by atoms with Gasteiger partial charge in [0.15, 0.2) is 0 Å². The second kappa shape index (κ2) is 4.52. The second-order valence-corrected chi connectivity index (χ2v) is 4.47. The van der Waals surface area contributed by atoms with Crippen LogP contribution >= 0.6 is 0 Å². The van der Waals surface area contributed by atoms with Crippen molar-refractivity contribution in [2.75, 3.05) is 0 Å². The Bertz CT molecular complexity index is 366. The van der Waals surface area contributed by atoms with Gasteiger partial charge in [-0.2, -0.15) is 0 Å². The van der Waals surface area contributed by atoms with Gasteiger partial charge >= 0.3 is 0 Å².